The fourth-order valence-electron chi connectivity index (χ4n) is 5.07. The summed E-state index contributed by atoms with van der Waals surface area (Å²) in [7, 11) is 3.71. The van der Waals surface area contributed by atoms with Crippen LogP contribution in [0.2, 0.25) is 0 Å². The molecule has 1 saturated heterocycles. The minimum absolute atomic E-state index is 0.417. The predicted octanol–water partition coefficient (Wildman–Crippen LogP) is 4.81. The normalized spacial score (nSPS) is 15.7. The number of rotatable bonds is 8. The number of amides is 1. The number of ether oxygens (including phenoxy) is 1. The summed E-state index contributed by atoms with van der Waals surface area (Å²) in [6.07, 6.45) is 5.59. The molecule has 0 unspecified atom stereocenters. The first kappa shape index (κ1) is 26.2. The van der Waals surface area contributed by atoms with Crippen LogP contribution in [0.1, 0.15) is 24.0 Å². The Bertz CT molecular complexity index is 1490. The van der Waals surface area contributed by atoms with Crippen LogP contribution in [0.4, 0.5) is 4.79 Å². The number of hydrogen-bond donors (Lipinski definition) is 1. The van der Waals surface area contributed by atoms with Gasteiger partial charge in [0, 0.05) is 44.0 Å². The molecule has 3 heterocycles. The number of aromatic nitrogens is 3. The number of fused-ring (bicyclic) bond motifs is 1. The maximum absolute atomic E-state index is 11.1. The summed E-state index contributed by atoms with van der Waals surface area (Å²) >= 11 is 0. The van der Waals surface area contributed by atoms with Crippen molar-refractivity contribution in [2.45, 2.75) is 19.3 Å². The number of carbonyl (C=O) groups is 1. The van der Waals surface area contributed by atoms with Gasteiger partial charge >= 0.3 is 12.1 Å². The Morgan fingerprint density at radius 1 is 1.18 bits per heavy atom. The maximum atomic E-state index is 11.1. The van der Waals surface area contributed by atoms with Gasteiger partial charge in [0.15, 0.2) is 5.65 Å². The van der Waals surface area contributed by atoms with Gasteiger partial charge in [-0.2, -0.15) is 10.2 Å². The summed E-state index contributed by atoms with van der Waals surface area (Å²) in [5.41, 5.74) is 5.75. The van der Waals surface area contributed by atoms with Crippen LogP contribution in [0, 0.1) is 17.2 Å². The molecule has 1 atom stereocenters. The van der Waals surface area contributed by atoms with E-state index in [0.29, 0.717) is 37.1 Å². The molecule has 1 N–H and O–H groups in total. The minimum atomic E-state index is -0.940. The van der Waals surface area contributed by atoms with Gasteiger partial charge in [0.1, 0.15) is 0 Å². The van der Waals surface area contributed by atoms with Gasteiger partial charge in [-0.25, -0.2) is 9.78 Å². The molecule has 2 aromatic heterocycles. The van der Waals surface area contributed by atoms with Crippen molar-refractivity contribution in [3.05, 3.63) is 72.1 Å². The molecule has 1 amide bonds. The highest BCUT2D eigenvalue weighted by Gasteiger charge is 2.22. The number of nitriles is 1. The lowest BCUT2D eigenvalue weighted by atomic mass is 9.98. The van der Waals surface area contributed by atoms with Gasteiger partial charge in [0.2, 0.25) is 0 Å². The van der Waals surface area contributed by atoms with Gasteiger partial charge in [-0.05, 0) is 56.1 Å². The molecule has 2 aromatic carbocycles. The van der Waals surface area contributed by atoms with Crippen LogP contribution in [-0.4, -0.2) is 75.7 Å². The van der Waals surface area contributed by atoms with Crippen molar-refractivity contribution in [3.8, 4) is 34.5 Å². The van der Waals surface area contributed by atoms with Crippen LogP contribution in [0.3, 0.4) is 0 Å². The molecule has 0 radical (unpaired) electrons. The predicted molar refractivity (Wildman–Crippen MR) is 149 cm³/mol. The van der Waals surface area contributed by atoms with Crippen LogP contribution < -0.4 is 4.74 Å². The number of imidazole rings is 1. The molecule has 0 saturated carbocycles. The monoisotopic (exact) mass is 524 g/mol. The number of piperidine rings is 1. The highest BCUT2D eigenvalue weighted by atomic mass is 16.5. The zero-order valence-electron chi connectivity index (χ0n) is 22.2. The highest BCUT2D eigenvalue weighted by Crippen LogP contribution is 2.36. The molecule has 9 nitrogen and oxygen atoms in total. The topological polar surface area (TPSA) is 107 Å². The molecule has 0 spiro atoms. The molecule has 200 valence electrons. The molecular formula is C30H32N6O3. The summed E-state index contributed by atoms with van der Waals surface area (Å²) in [6.45, 7) is 3.12. The number of hydrogen-bond acceptors (Lipinski definition) is 6. The van der Waals surface area contributed by atoms with Crippen LogP contribution in [0.5, 0.6) is 6.01 Å². The van der Waals surface area contributed by atoms with Crippen LogP contribution in [-0.2, 0) is 6.42 Å². The molecular weight excluding hydrogens is 492 g/mol. The smallest absolute Gasteiger partial charge is 0.407 e. The minimum Gasteiger partial charge on any atom is -0.465 e. The van der Waals surface area contributed by atoms with E-state index in [0.717, 1.165) is 59.5 Å². The second-order valence-electron chi connectivity index (χ2n) is 10.2. The molecule has 4 aromatic rings. The van der Waals surface area contributed by atoms with E-state index < -0.39 is 6.09 Å². The Morgan fingerprint density at radius 3 is 2.62 bits per heavy atom. The van der Waals surface area contributed by atoms with E-state index in [1.54, 1.807) is 25.4 Å². The molecule has 39 heavy (non-hydrogen) atoms. The van der Waals surface area contributed by atoms with E-state index in [1.165, 1.54) is 4.90 Å². The average molecular weight is 525 g/mol. The Hall–Kier alpha value is -4.42. The lowest BCUT2D eigenvalue weighted by Gasteiger charge is -2.29. The molecule has 0 bridgehead atoms. The van der Waals surface area contributed by atoms with E-state index in [-0.39, 0.29) is 0 Å². The Morgan fingerprint density at radius 2 is 1.92 bits per heavy atom. The van der Waals surface area contributed by atoms with Crippen molar-refractivity contribution < 1.29 is 14.6 Å². The van der Waals surface area contributed by atoms with E-state index in [9.17, 15) is 10.1 Å². The lowest BCUT2D eigenvalue weighted by molar-refractivity contribution is 0.143. The largest absolute Gasteiger partial charge is 0.465 e. The molecule has 0 aliphatic carbocycles. The summed E-state index contributed by atoms with van der Waals surface area (Å²) in [4.78, 5) is 24.5. The van der Waals surface area contributed by atoms with Crippen LogP contribution in [0.25, 0.3) is 28.0 Å². The maximum Gasteiger partial charge on any atom is 0.407 e. The number of likely N-dealkylation sites (N-methyl/N-ethyl adjacent to an activating group) is 1. The zero-order valence-corrected chi connectivity index (χ0v) is 22.2. The Kier molecular flexibility index (Phi) is 7.75. The Balaban J connectivity index is 1.52. The van der Waals surface area contributed by atoms with Crippen LogP contribution >= 0.6 is 0 Å². The molecule has 1 aliphatic rings. The molecule has 9 heteroatoms. The fourth-order valence-corrected chi connectivity index (χ4v) is 5.07. The summed E-state index contributed by atoms with van der Waals surface area (Å²) < 4.78 is 8.23. The van der Waals surface area contributed by atoms with Gasteiger partial charge in [0.25, 0.3) is 0 Å². The first-order chi connectivity index (χ1) is 18.9. The first-order valence-electron chi connectivity index (χ1n) is 13.1. The third-order valence-electron chi connectivity index (χ3n) is 7.28. The SMILES string of the molecule is CN1CCC[C@@H](COc2nc(-c3ccc(C#N)cc3)c(-c3ccc(CCN(C)C(=O)O)cc3)c3nccn23)C1. The highest BCUT2D eigenvalue weighted by molar-refractivity contribution is 5.90. The second kappa shape index (κ2) is 11.5. The molecule has 1 aliphatic heterocycles. The lowest BCUT2D eigenvalue weighted by Crippen LogP contribution is -2.35. The summed E-state index contributed by atoms with van der Waals surface area (Å²) in [6, 6.07) is 18.1. The zero-order chi connectivity index (χ0) is 27.4. The van der Waals surface area contributed by atoms with E-state index in [4.69, 9.17) is 19.8 Å². The van der Waals surface area contributed by atoms with E-state index >= 15 is 0 Å². The molecule has 1 fully saturated rings. The van der Waals surface area contributed by atoms with Gasteiger partial charge in [-0.3, -0.25) is 4.40 Å². The number of likely N-dealkylation sites (tertiary alicyclic amines) is 1. The van der Waals surface area contributed by atoms with Crippen molar-refractivity contribution in [2.75, 3.05) is 40.3 Å². The number of nitrogens with zero attached hydrogens (tertiary/aromatic N) is 6. The Labute approximate surface area is 227 Å². The molecule has 5 rings (SSSR count). The third-order valence-corrected chi connectivity index (χ3v) is 7.28. The summed E-state index contributed by atoms with van der Waals surface area (Å²) in [5, 5.41) is 18.4. The number of carboxylic acid groups (broad SMARTS) is 1. The van der Waals surface area contributed by atoms with Crippen molar-refractivity contribution >= 4 is 11.7 Å². The quantitative estimate of drug-likeness (QED) is 0.353. The van der Waals surface area contributed by atoms with E-state index in [2.05, 4.69) is 18.0 Å². The van der Waals surface area contributed by atoms with Crippen molar-refractivity contribution in [2.24, 2.45) is 5.92 Å². The van der Waals surface area contributed by atoms with Crippen molar-refractivity contribution in [1.29, 1.82) is 5.26 Å². The fraction of sp³-hybridized carbons (Fsp3) is 0.333. The van der Waals surface area contributed by atoms with Crippen LogP contribution in [0.15, 0.2) is 60.9 Å². The van der Waals surface area contributed by atoms with Crippen molar-refractivity contribution in [1.82, 2.24) is 24.2 Å². The van der Waals surface area contributed by atoms with Gasteiger partial charge < -0.3 is 19.6 Å². The van der Waals surface area contributed by atoms with Gasteiger partial charge in [-0.15, -0.1) is 0 Å². The average Bonchev–Trinajstić information content (AvgIpc) is 3.45. The van der Waals surface area contributed by atoms with E-state index in [1.807, 2.05) is 47.0 Å². The third kappa shape index (κ3) is 5.86. The number of benzene rings is 2. The first-order valence-corrected chi connectivity index (χ1v) is 13.1. The second-order valence-corrected chi connectivity index (χ2v) is 10.2. The van der Waals surface area contributed by atoms with Gasteiger partial charge in [-0.1, -0.05) is 36.4 Å². The standard InChI is InChI=1S/C30H32N6O3/c1-34-15-3-4-23(19-34)20-39-29-33-27(25-11-7-22(18-31)8-12-25)26(28-32-14-17-36(28)29)24-9-5-21(6-10-24)13-16-35(2)30(37)38/h5-12,14,17,23H,3-4,13,15-16,19-20H2,1-2H3,(H,37,38)/t23-/m1/s1. The summed E-state index contributed by atoms with van der Waals surface area (Å²) in [5.74, 6) is 0.440. The van der Waals surface area contributed by atoms with Crippen molar-refractivity contribution in [3.63, 3.8) is 0 Å². The van der Waals surface area contributed by atoms with Gasteiger partial charge in [0.05, 0.1) is 29.5 Å².